The smallest absolute Gasteiger partial charge is 0.306 e. The Labute approximate surface area is 105 Å². The Morgan fingerprint density at radius 1 is 1.28 bits per heavy atom. The number of carboxylic acids is 1. The molecule has 0 radical (unpaired) electrons. The molecule has 2 N–H and O–H groups in total. The van der Waals surface area contributed by atoms with E-state index in [1.54, 1.807) is 18.3 Å². The number of aromatic nitrogens is 1. The molecular weight excluding hydrogens is 232 g/mol. The van der Waals surface area contributed by atoms with E-state index in [1.807, 2.05) is 0 Å². The molecule has 1 saturated carbocycles. The summed E-state index contributed by atoms with van der Waals surface area (Å²) in [5.41, 5.74) is 0.540. The molecule has 2 rings (SSSR count). The standard InChI is InChI=1S/C13H16N2O3/c16-12(10-2-1-7-14-8-10)15-11-5-3-9(4-6-11)13(17)18/h1-2,7-9,11H,3-6H2,(H,15,16)(H,17,18). The second-order valence-electron chi connectivity index (χ2n) is 4.60. The van der Waals surface area contributed by atoms with Crippen LogP contribution in [0.3, 0.4) is 0 Å². The number of hydrogen-bond acceptors (Lipinski definition) is 3. The number of carboxylic acid groups (broad SMARTS) is 1. The van der Waals surface area contributed by atoms with Crippen molar-refractivity contribution < 1.29 is 14.7 Å². The van der Waals surface area contributed by atoms with Crippen LogP contribution in [-0.4, -0.2) is 28.0 Å². The molecule has 1 fully saturated rings. The minimum absolute atomic E-state index is 0.0771. The molecule has 1 heterocycles. The third-order valence-electron chi connectivity index (χ3n) is 3.34. The van der Waals surface area contributed by atoms with E-state index in [2.05, 4.69) is 10.3 Å². The van der Waals surface area contributed by atoms with E-state index >= 15 is 0 Å². The number of aliphatic carboxylic acids is 1. The number of nitrogens with zero attached hydrogens (tertiary/aromatic N) is 1. The molecule has 18 heavy (non-hydrogen) atoms. The highest BCUT2D eigenvalue weighted by molar-refractivity contribution is 5.94. The van der Waals surface area contributed by atoms with Crippen LogP contribution in [0.4, 0.5) is 0 Å². The molecule has 1 aromatic heterocycles. The minimum Gasteiger partial charge on any atom is -0.481 e. The molecule has 0 aromatic carbocycles. The van der Waals surface area contributed by atoms with E-state index in [4.69, 9.17) is 5.11 Å². The van der Waals surface area contributed by atoms with Gasteiger partial charge >= 0.3 is 5.97 Å². The lowest BCUT2D eigenvalue weighted by Gasteiger charge is -2.26. The monoisotopic (exact) mass is 248 g/mol. The molecule has 5 nitrogen and oxygen atoms in total. The van der Waals surface area contributed by atoms with E-state index in [0.29, 0.717) is 18.4 Å². The number of carbonyl (C=O) groups excluding carboxylic acids is 1. The maximum Gasteiger partial charge on any atom is 0.306 e. The van der Waals surface area contributed by atoms with E-state index in [1.165, 1.54) is 6.20 Å². The van der Waals surface area contributed by atoms with Gasteiger partial charge in [-0.2, -0.15) is 0 Å². The zero-order chi connectivity index (χ0) is 13.0. The summed E-state index contributed by atoms with van der Waals surface area (Å²) >= 11 is 0. The first kappa shape index (κ1) is 12.5. The zero-order valence-electron chi connectivity index (χ0n) is 10.0. The first-order valence-electron chi connectivity index (χ1n) is 6.10. The van der Waals surface area contributed by atoms with Crippen LogP contribution >= 0.6 is 0 Å². The predicted octanol–water partition coefficient (Wildman–Crippen LogP) is 1.45. The van der Waals surface area contributed by atoms with Gasteiger partial charge in [0.2, 0.25) is 0 Å². The molecular formula is C13H16N2O3. The molecule has 1 amide bonds. The molecule has 1 aromatic rings. The van der Waals surface area contributed by atoms with E-state index in [-0.39, 0.29) is 17.9 Å². The molecule has 0 aliphatic heterocycles. The second kappa shape index (κ2) is 5.62. The molecule has 0 atom stereocenters. The largest absolute Gasteiger partial charge is 0.481 e. The van der Waals surface area contributed by atoms with Gasteiger partial charge in [0, 0.05) is 18.4 Å². The Bertz CT molecular complexity index is 425. The highest BCUT2D eigenvalue weighted by atomic mass is 16.4. The summed E-state index contributed by atoms with van der Waals surface area (Å²) in [6.45, 7) is 0. The van der Waals surface area contributed by atoms with Crippen LogP contribution in [0.2, 0.25) is 0 Å². The lowest BCUT2D eigenvalue weighted by Crippen LogP contribution is -2.38. The number of hydrogen-bond donors (Lipinski definition) is 2. The fraction of sp³-hybridized carbons (Fsp3) is 0.462. The van der Waals surface area contributed by atoms with Crippen LogP contribution < -0.4 is 5.32 Å². The van der Waals surface area contributed by atoms with Crippen LogP contribution in [0, 0.1) is 5.92 Å². The number of nitrogens with one attached hydrogen (secondary N) is 1. The highest BCUT2D eigenvalue weighted by Crippen LogP contribution is 2.24. The van der Waals surface area contributed by atoms with Crippen molar-refractivity contribution in [3.05, 3.63) is 30.1 Å². The number of amides is 1. The summed E-state index contributed by atoms with van der Waals surface area (Å²) in [7, 11) is 0. The van der Waals surface area contributed by atoms with Crippen LogP contribution in [-0.2, 0) is 4.79 Å². The van der Waals surface area contributed by atoms with Crippen LogP contribution in [0.5, 0.6) is 0 Å². The van der Waals surface area contributed by atoms with Gasteiger partial charge in [0.1, 0.15) is 0 Å². The first-order valence-corrected chi connectivity index (χ1v) is 6.10. The van der Waals surface area contributed by atoms with Crippen LogP contribution in [0.1, 0.15) is 36.0 Å². The normalized spacial score (nSPS) is 23.3. The quantitative estimate of drug-likeness (QED) is 0.848. The van der Waals surface area contributed by atoms with E-state index in [0.717, 1.165) is 12.8 Å². The van der Waals surface area contributed by atoms with Gasteiger partial charge in [-0.3, -0.25) is 14.6 Å². The summed E-state index contributed by atoms with van der Waals surface area (Å²) in [4.78, 5) is 26.6. The first-order chi connectivity index (χ1) is 8.66. The Hall–Kier alpha value is -1.91. The fourth-order valence-electron chi connectivity index (χ4n) is 2.25. The number of pyridine rings is 1. The molecule has 0 unspecified atom stereocenters. The Kier molecular flexibility index (Phi) is 3.92. The summed E-state index contributed by atoms with van der Waals surface area (Å²) in [6.07, 6.45) is 5.86. The Balaban J connectivity index is 1.85. The van der Waals surface area contributed by atoms with Gasteiger partial charge in [-0.1, -0.05) is 0 Å². The van der Waals surface area contributed by atoms with Crippen molar-refractivity contribution in [1.29, 1.82) is 0 Å². The van der Waals surface area contributed by atoms with Gasteiger partial charge in [-0.15, -0.1) is 0 Å². The average Bonchev–Trinajstić information content (AvgIpc) is 2.40. The lowest BCUT2D eigenvalue weighted by atomic mass is 9.86. The third-order valence-corrected chi connectivity index (χ3v) is 3.34. The zero-order valence-corrected chi connectivity index (χ0v) is 10.0. The van der Waals surface area contributed by atoms with Gasteiger partial charge in [-0.05, 0) is 37.8 Å². The van der Waals surface area contributed by atoms with Crippen molar-refractivity contribution in [2.24, 2.45) is 5.92 Å². The average molecular weight is 248 g/mol. The van der Waals surface area contributed by atoms with Gasteiger partial charge < -0.3 is 10.4 Å². The van der Waals surface area contributed by atoms with Gasteiger partial charge in [0.05, 0.1) is 11.5 Å². The van der Waals surface area contributed by atoms with Gasteiger partial charge in [-0.25, -0.2) is 0 Å². The maximum absolute atomic E-state index is 11.9. The van der Waals surface area contributed by atoms with Gasteiger partial charge in [0.25, 0.3) is 5.91 Å². The van der Waals surface area contributed by atoms with Crippen molar-refractivity contribution >= 4 is 11.9 Å². The summed E-state index contributed by atoms with van der Waals surface area (Å²) in [6, 6.07) is 3.51. The highest BCUT2D eigenvalue weighted by Gasteiger charge is 2.26. The molecule has 0 spiro atoms. The van der Waals surface area contributed by atoms with E-state index in [9.17, 15) is 9.59 Å². The van der Waals surface area contributed by atoms with E-state index < -0.39 is 5.97 Å². The summed E-state index contributed by atoms with van der Waals surface area (Å²) < 4.78 is 0. The predicted molar refractivity (Wildman–Crippen MR) is 65.1 cm³/mol. The fourth-order valence-corrected chi connectivity index (χ4v) is 2.25. The Morgan fingerprint density at radius 3 is 2.56 bits per heavy atom. The van der Waals surface area contributed by atoms with Crippen molar-refractivity contribution in [3.63, 3.8) is 0 Å². The molecule has 0 saturated heterocycles. The Morgan fingerprint density at radius 2 is 2.00 bits per heavy atom. The summed E-state index contributed by atoms with van der Waals surface area (Å²) in [5.74, 6) is -1.12. The van der Waals surface area contributed by atoms with Crippen molar-refractivity contribution in [2.45, 2.75) is 31.7 Å². The SMILES string of the molecule is O=C(NC1CCC(C(=O)O)CC1)c1cccnc1. The molecule has 5 heteroatoms. The van der Waals surface area contributed by atoms with Crippen LogP contribution in [0.25, 0.3) is 0 Å². The molecule has 0 bridgehead atoms. The van der Waals surface area contributed by atoms with Crippen LogP contribution in [0.15, 0.2) is 24.5 Å². The van der Waals surface area contributed by atoms with Crippen molar-refractivity contribution in [1.82, 2.24) is 10.3 Å². The topological polar surface area (TPSA) is 79.3 Å². The number of carbonyl (C=O) groups is 2. The lowest BCUT2D eigenvalue weighted by molar-refractivity contribution is -0.142. The maximum atomic E-state index is 11.9. The van der Waals surface area contributed by atoms with Gasteiger partial charge in [0.15, 0.2) is 0 Å². The van der Waals surface area contributed by atoms with Crippen molar-refractivity contribution in [3.8, 4) is 0 Å². The summed E-state index contributed by atoms with van der Waals surface area (Å²) in [5, 5.41) is 11.8. The minimum atomic E-state index is -0.730. The van der Waals surface area contributed by atoms with Crippen molar-refractivity contribution in [2.75, 3.05) is 0 Å². The third kappa shape index (κ3) is 3.06. The molecule has 1 aliphatic rings. The number of rotatable bonds is 3. The molecule has 96 valence electrons. The molecule has 1 aliphatic carbocycles. The second-order valence-corrected chi connectivity index (χ2v) is 4.60.